The second kappa shape index (κ2) is 7.99. The van der Waals surface area contributed by atoms with Crippen molar-refractivity contribution in [3.05, 3.63) is 23.5 Å². The Morgan fingerprint density at radius 3 is 2.63 bits per heavy atom. The fourth-order valence-corrected chi connectivity index (χ4v) is 2.65. The van der Waals surface area contributed by atoms with Gasteiger partial charge in [-0.05, 0) is 25.8 Å². The number of carboxylic acid groups (broad SMARTS) is 1. The number of hydrogen-bond donors (Lipinski definition) is 3. The highest BCUT2D eigenvalue weighted by molar-refractivity contribution is 5.94. The minimum atomic E-state index is -4.77. The number of nitrogens with zero attached hydrogens (tertiary/aromatic N) is 1. The Morgan fingerprint density at radius 1 is 1.41 bits per heavy atom. The van der Waals surface area contributed by atoms with Gasteiger partial charge >= 0.3 is 18.2 Å². The van der Waals surface area contributed by atoms with Gasteiger partial charge in [0.05, 0.1) is 18.3 Å². The largest absolute Gasteiger partial charge is 0.480 e. The number of halogens is 4. The first kappa shape index (κ1) is 20.7. The summed E-state index contributed by atoms with van der Waals surface area (Å²) >= 11 is 0. The molecule has 1 aromatic rings. The van der Waals surface area contributed by atoms with Crippen LogP contribution < -0.4 is 10.1 Å². The van der Waals surface area contributed by atoms with Crippen LogP contribution >= 0.6 is 0 Å². The lowest BCUT2D eigenvalue weighted by atomic mass is 10.1. The van der Waals surface area contributed by atoms with Gasteiger partial charge in [-0.2, -0.15) is 13.2 Å². The molecule has 1 aliphatic heterocycles. The topological polar surface area (TPSA) is 99.1 Å². The lowest BCUT2D eigenvalue weighted by molar-refractivity contribution is -0.189. The van der Waals surface area contributed by atoms with Crippen LogP contribution in [0.5, 0.6) is 5.75 Å². The van der Waals surface area contributed by atoms with Crippen LogP contribution in [0.3, 0.4) is 0 Å². The number of anilines is 1. The molecule has 0 aliphatic carbocycles. The quantitative estimate of drug-likeness (QED) is 0.667. The van der Waals surface area contributed by atoms with E-state index in [2.05, 4.69) is 10.1 Å². The number of alkyl halides is 3. The first-order valence-electron chi connectivity index (χ1n) is 8.03. The molecule has 1 saturated heterocycles. The van der Waals surface area contributed by atoms with E-state index in [0.29, 0.717) is 38.4 Å². The maximum atomic E-state index is 14.2. The van der Waals surface area contributed by atoms with Crippen molar-refractivity contribution in [1.29, 1.82) is 0 Å². The molecule has 1 heterocycles. The predicted octanol–water partition coefficient (Wildman–Crippen LogP) is 2.84. The van der Waals surface area contributed by atoms with Gasteiger partial charge in [0.15, 0.2) is 6.10 Å². The summed E-state index contributed by atoms with van der Waals surface area (Å²) in [6.45, 7) is 0.703. The molecule has 1 aromatic carbocycles. The molecule has 7 nitrogen and oxygen atoms in total. The Kier molecular flexibility index (Phi) is 6.14. The van der Waals surface area contributed by atoms with Crippen molar-refractivity contribution in [3.8, 4) is 5.75 Å². The van der Waals surface area contributed by atoms with Gasteiger partial charge in [0, 0.05) is 12.6 Å². The smallest absolute Gasteiger partial charge is 0.425 e. The number of likely N-dealkylation sites (tertiary alicyclic amines) is 1. The maximum absolute atomic E-state index is 14.2. The molecule has 0 bridgehead atoms. The summed E-state index contributed by atoms with van der Waals surface area (Å²) in [7, 11) is 0. The Hall–Kier alpha value is -2.56. The average Bonchev–Trinajstić information content (AvgIpc) is 3.05. The summed E-state index contributed by atoms with van der Waals surface area (Å²) in [5.74, 6) is -3.56. The number of carboxylic acids is 1. The normalized spacial score (nSPS) is 18.3. The molecule has 2 amide bonds. The van der Waals surface area contributed by atoms with Crippen LogP contribution in [-0.4, -0.2) is 58.6 Å². The van der Waals surface area contributed by atoms with E-state index < -0.39 is 53.1 Å². The van der Waals surface area contributed by atoms with Crippen molar-refractivity contribution < 1.29 is 42.1 Å². The minimum Gasteiger partial charge on any atom is -0.480 e. The molecule has 0 radical (unpaired) electrons. The monoisotopic (exact) mass is 394 g/mol. The predicted molar refractivity (Wildman–Crippen MR) is 85.3 cm³/mol. The van der Waals surface area contributed by atoms with E-state index in [9.17, 15) is 32.3 Å². The Balaban J connectivity index is 2.30. The highest BCUT2D eigenvalue weighted by Crippen LogP contribution is 2.31. The first-order valence-corrected chi connectivity index (χ1v) is 8.03. The molecule has 150 valence electrons. The Bertz CT molecular complexity index is 725. The lowest BCUT2D eigenvalue weighted by Gasteiger charge is -2.24. The molecule has 2 atom stereocenters. The van der Waals surface area contributed by atoms with E-state index in [1.54, 1.807) is 0 Å². The Labute approximate surface area is 151 Å². The number of carbonyl (C=O) groups is 2. The summed E-state index contributed by atoms with van der Waals surface area (Å²) in [6.07, 6.45) is -5.92. The third kappa shape index (κ3) is 4.79. The Morgan fingerprint density at radius 2 is 2.07 bits per heavy atom. The van der Waals surface area contributed by atoms with E-state index in [4.69, 9.17) is 5.11 Å². The van der Waals surface area contributed by atoms with E-state index in [-0.39, 0.29) is 6.61 Å². The molecule has 1 aliphatic rings. The maximum Gasteiger partial charge on any atom is 0.425 e. The van der Waals surface area contributed by atoms with Gasteiger partial charge in [-0.3, -0.25) is 0 Å². The van der Waals surface area contributed by atoms with Gasteiger partial charge < -0.3 is 25.2 Å². The zero-order valence-corrected chi connectivity index (χ0v) is 14.2. The van der Waals surface area contributed by atoms with Gasteiger partial charge in [-0.15, -0.1) is 0 Å². The van der Waals surface area contributed by atoms with E-state index in [1.165, 1.54) is 4.90 Å². The van der Waals surface area contributed by atoms with Gasteiger partial charge in [0.2, 0.25) is 0 Å². The number of aromatic carboxylic acids is 1. The van der Waals surface area contributed by atoms with E-state index >= 15 is 0 Å². The van der Waals surface area contributed by atoms with Gasteiger partial charge in [-0.25, -0.2) is 14.0 Å². The number of rotatable bonds is 5. The van der Waals surface area contributed by atoms with Crippen LogP contribution in [0, 0.1) is 5.82 Å². The highest BCUT2D eigenvalue weighted by atomic mass is 19.4. The molecular weight excluding hydrogens is 376 g/mol. The van der Waals surface area contributed by atoms with Gasteiger partial charge in [-0.1, -0.05) is 0 Å². The zero-order valence-electron chi connectivity index (χ0n) is 14.2. The number of benzene rings is 1. The summed E-state index contributed by atoms with van der Waals surface area (Å²) in [4.78, 5) is 24.7. The molecule has 11 heteroatoms. The number of urea groups is 1. The van der Waals surface area contributed by atoms with Crippen LogP contribution in [0.1, 0.15) is 30.1 Å². The van der Waals surface area contributed by atoms with Crippen molar-refractivity contribution in [2.75, 3.05) is 18.5 Å². The lowest BCUT2D eigenvalue weighted by Crippen LogP contribution is -2.40. The second-order valence-electron chi connectivity index (χ2n) is 6.04. The average molecular weight is 394 g/mol. The van der Waals surface area contributed by atoms with Crippen LogP contribution in [0.2, 0.25) is 0 Å². The number of carbonyl (C=O) groups excluding carboxylic acids is 1. The van der Waals surface area contributed by atoms with Gasteiger partial charge in [0.25, 0.3) is 0 Å². The van der Waals surface area contributed by atoms with Crippen molar-refractivity contribution >= 4 is 17.7 Å². The zero-order chi connectivity index (χ0) is 20.4. The summed E-state index contributed by atoms with van der Waals surface area (Å²) in [5, 5.41) is 20.5. The molecule has 0 saturated carbocycles. The highest BCUT2D eigenvalue weighted by Gasteiger charge is 2.39. The summed E-state index contributed by atoms with van der Waals surface area (Å²) in [5.41, 5.74) is -1.34. The molecule has 27 heavy (non-hydrogen) atoms. The standard InChI is InChI=1S/C16H18F4N2O5/c1-8(16(18,19)20)27-13-6-12(11(17)5-10(13)14(24)25)21-15(26)22-4-2-3-9(22)7-23/h5-6,8-9,23H,2-4,7H2,1H3,(H,21,26)(H,24,25)/t8-,9+/m0/s1. The molecule has 0 unspecified atom stereocenters. The fourth-order valence-electron chi connectivity index (χ4n) is 2.65. The van der Waals surface area contributed by atoms with Crippen LogP contribution in [0.4, 0.5) is 28.0 Å². The summed E-state index contributed by atoms with van der Waals surface area (Å²) < 4.78 is 56.9. The van der Waals surface area contributed by atoms with E-state index in [1.807, 2.05) is 0 Å². The summed E-state index contributed by atoms with van der Waals surface area (Å²) in [6, 6.07) is -0.0389. The second-order valence-corrected chi connectivity index (χ2v) is 6.04. The molecule has 1 fully saturated rings. The van der Waals surface area contributed by atoms with Crippen molar-refractivity contribution in [3.63, 3.8) is 0 Å². The number of ether oxygens (including phenoxy) is 1. The fraction of sp³-hybridized carbons (Fsp3) is 0.500. The number of aliphatic hydroxyl groups excluding tert-OH is 1. The SMILES string of the molecule is C[C@H](Oc1cc(NC(=O)N2CCC[C@@H]2CO)c(F)cc1C(=O)O)C(F)(F)F. The van der Waals surface area contributed by atoms with Crippen LogP contribution in [0.25, 0.3) is 0 Å². The van der Waals surface area contributed by atoms with Crippen LogP contribution in [-0.2, 0) is 0 Å². The molecule has 0 aromatic heterocycles. The third-order valence-electron chi connectivity index (χ3n) is 4.15. The van der Waals surface area contributed by atoms with Crippen molar-refractivity contribution in [1.82, 2.24) is 4.90 Å². The number of aliphatic hydroxyl groups is 1. The number of nitrogens with one attached hydrogen (secondary N) is 1. The number of hydrogen-bond acceptors (Lipinski definition) is 4. The van der Waals surface area contributed by atoms with Crippen LogP contribution in [0.15, 0.2) is 12.1 Å². The molecule has 2 rings (SSSR count). The van der Waals surface area contributed by atoms with Crippen molar-refractivity contribution in [2.24, 2.45) is 0 Å². The van der Waals surface area contributed by atoms with E-state index in [0.717, 1.165) is 0 Å². The van der Waals surface area contributed by atoms with Crippen molar-refractivity contribution in [2.45, 2.75) is 38.1 Å². The third-order valence-corrected chi connectivity index (χ3v) is 4.15. The molecular formula is C16H18F4N2O5. The van der Waals surface area contributed by atoms with Gasteiger partial charge in [0.1, 0.15) is 17.1 Å². The minimum absolute atomic E-state index is 0.286. The first-order chi connectivity index (χ1) is 12.5. The molecule has 0 spiro atoms. The molecule has 3 N–H and O–H groups in total. The number of amides is 2.